The molecule has 7 heteroatoms. The summed E-state index contributed by atoms with van der Waals surface area (Å²) in [7, 11) is 5.81. The van der Waals surface area contributed by atoms with Crippen molar-refractivity contribution in [3.63, 3.8) is 0 Å². The smallest absolute Gasteiger partial charge is 0.193 e. The number of guanidine groups is 1. The molecule has 25 heavy (non-hydrogen) atoms. The third kappa shape index (κ3) is 6.01. The molecule has 1 aliphatic rings. The zero-order valence-corrected chi connectivity index (χ0v) is 16.3. The molecule has 1 N–H and O–H groups in total. The summed E-state index contributed by atoms with van der Waals surface area (Å²) in [6, 6.07) is 0. The molecule has 1 saturated heterocycles. The molecule has 142 valence electrons. The predicted molar refractivity (Wildman–Crippen MR) is 99.9 cm³/mol. The van der Waals surface area contributed by atoms with Gasteiger partial charge in [-0.1, -0.05) is 13.8 Å². The van der Waals surface area contributed by atoms with Crippen LogP contribution in [0, 0.1) is 0 Å². The van der Waals surface area contributed by atoms with Gasteiger partial charge < -0.3 is 19.7 Å². The Kier molecular flexibility index (Phi) is 7.71. The Balaban J connectivity index is 1.75. The second kappa shape index (κ2) is 9.77. The highest BCUT2D eigenvalue weighted by Crippen LogP contribution is 2.18. The van der Waals surface area contributed by atoms with Crippen molar-refractivity contribution in [1.82, 2.24) is 20.0 Å². The second-order valence-corrected chi connectivity index (χ2v) is 6.91. The van der Waals surface area contributed by atoms with Gasteiger partial charge in [0.25, 0.3) is 0 Å². The van der Waals surface area contributed by atoms with Gasteiger partial charge in [0.1, 0.15) is 0 Å². The lowest BCUT2D eigenvalue weighted by Crippen LogP contribution is -2.40. The molecule has 0 radical (unpaired) electrons. The van der Waals surface area contributed by atoms with Gasteiger partial charge in [-0.2, -0.15) is 5.10 Å². The summed E-state index contributed by atoms with van der Waals surface area (Å²) in [6.45, 7) is 8.05. The highest BCUT2D eigenvalue weighted by molar-refractivity contribution is 5.79. The number of aryl methyl sites for hydroxylation is 1. The number of aliphatic imine (C=N–C) groups is 1. The van der Waals surface area contributed by atoms with Crippen LogP contribution in [0.4, 0.5) is 0 Å². The maximum absolute atomic E-state index is 5.69. The van der Waals surface area contributed by atoms with Crippen molar-refractivity contribution in [2.75, 3.05) is 40.5 Å². The number of nitrogens with one attached hydrogen (secondary N) is 1. The maximum Gasteiger partial charge on any atom is 0.193 e. The Morgan fingerprint density at radius 1 is 1.56 bits per heavy atom. The fourth-order valence-corrected chi connectivity index (χ4v) is 3.10. The lowest BCUT2D eigenvalue weighted by molar-refractivity contribution is 0.0190. The molecule has 1 fully saturated rings. The van der Waals surface area contributed by atoms with Crippen molar-refractivity contribution in [3.05, 3.63) is 17.5 Å². The van der Waals surface area contributed by atoms with Gasteiger partial charge in [-0.05, 0) is 18.8 Å². The SMILES string of the molecule is CN=C(NCCOCC1CCCO1)N(C)Cc1cn(C)nc1C(C)C. The third-order valence-electron chi connectivity index (χ3n) is 4.32. The van der Waals surface area contributed by atoms with Gasteiger partial charge in [0.2, 0.25) is 0 Å². The Morgan fingerprint density at radius 2 is 2.36 bits per heavy atom. The first-order chi connectivity index (χ1) is 12.0. The molecule has 1 unspecified atom stereocenters. The number of hydrogen-bond acceptors (Lipinski definition) is 4. The van der Waals surface area contributed by atoms with Crippen molar-refractivity contribution in [2.45, 2.75) is 45.3 Å². The van der Waals surface area contributed by atoms with Gasteiger partial charge in [-0.25, -0.2) is 0 Å². The summed E-state index contributed by atoms with van der Waals surface area (Å²) in [5.41, 5.74) is 2.38. The summed E-state index contributed by atoms with van der Waals surface area (Å²) in [5, 5.41) is 7.92. The molecule has 1 atom stereocenters. The minimum atomic E-state index is 0.280. The molecular weight excluding hydrogens is 318 g/mol. The van der Waals surface area contributed by atoms with Gasteiger partial charge >= 0.3 is 0 Å². The van der Waals surface area contributed by atoms with Gasteiger partial charge in [-0.3, -0.25) is 9.67 Å². The normalized spacial score (nSPS) is 18.2. The number of nitrogens with zero attached hydrogens (tertiary/aromatic N) is 4. The van der Waals surface area contributed by atoms with E-state index in [0.717, 1.165) is 44.2 Å². The van der Waals surface area contributed by atoms with E-state index in [1.807, 2.05) is 18.8 Å². The van der Waals surface area contributed by atoms with Gasteiger partial charge in [0.15, 0.2) is 5.96 Å². The molecule has 1 aromatic rings. The summed E-state index contributed by atoms with van der Waals surface area (Å²) in [6.07, 6.45) is 4.63. The highest BCUT2D eigenvalue weighted by atomic mass is 16.5. The number of rotatable bonds is 8. The van der Waals surface area contributed by atoms with Crippen LogP contribution in [-0.4, -0.2) is 67.2 Å². The van der Waals surface area contributed by atoms with E-state index in [9.17, 15) is 0 Å². The minimum absolute atomic E-state index is 0.280. The van der Waals surface area contributed by atoms with Crippen LogP contribution < -0.4 is 5.32 Å². The van der Waals surface area contributed by atoms with E-state index in [4.69, 9.17) is 9.47 Å². The molecule has 0 saturated carbocycles. The van der Waals surface area contributed by atoms with E-state index >= 15 is 0 Å². The first-order valence-corrected chi connectivity index (χ1v) is 9.14. The number of hydrogen-bond donors (Lipinski definition) is 1. The Morgan fingerprint density at radius 3 is 3.00 bits per heavy atom. The highest BCUT2D eigenvalue weighted by Gasteiger charge is 2.16. The summed E-state index contributed by atoms with van der Waals surface area (Å²) in [4.78, 5) is 6.48. The quantitative estimate of drug-likeness (QED) is 0.439. The molecule has 1 aliphatic heterocycles. The zero-order chi connectivity index (χ0) is 18.2. The molecule has 0 amide bonds. The lowest BCUT2D eigenvalue weighted by Gasteiger charge is -2.22. The maximum atomic E-state index is 5.69. The predicted octanol–water partition coefficient (Wildman–Crippen LogP) is 1.75. The van der Waals surface area contributed by atoms with Crippen LogP contribution in [0.25, 0.3) is 0 Å². The summed E-state index contributed by atoms with van der Waals surface area (Å²) >= 11 is 0. The van der Waals surface area contributed by atoms with Crippen LogP contribution in [-0.2, 0) is 23.1 Å². The van der Waals surface area contributed by atoms with Gasteiger partial charge in [0, 0.05) is 52.6 Å². The molecule has 0 aliphatic carbocycles. The minimum Gasteiger partial charge on any atom is -0.377 e. The molecule has 0 bridgehead atoms. The second-order valence-electron chi connectivity index (χ2n) is 6.91. The van der Waals surface area contributed by atoms with Crippen LogP contribution in [0.1, 0.15) is 43.9 Å². The first-order valence-electron chi connectivity index (χ1n) is 9.14. The molecule has 7 nitrogen and oxygen atoms in total. The van der Waals surface area contributed by atoms with Crippen LogP contribution in [0.15, 0.2) is 11.2 Å². The standard InChI is InChI=1S/C18H33N5O2/c1-14(2)17-15(12-23(5)21-17)11-22(4)18(19-3)20-8-10-24-13-16-7-6-9-25-16/h12,14,16H,6-11,13H2,1-5H3,(H,19,20). The van der Waals surface area contributed by atoms with Crippen LogP contribution in [0.3, 0.4) is 0 Å². The van der Waals surface area contributed by atoms with Gasteiger partial charge in [-0.15, -0.1) is 0 Å². The number of aromatic nitrogens is 2. The third-order valence-corrected chi connectivity index (χ3v) is 4.32. The molecule has 2 heterocycles. The average Bonchev–Trinajstić information content (AvgIpc) is 3.20. The van der Waals surface area contributed by atoms with E-state index in [1.165, 1.54) is 5.56 Å². The van der Waals surface area contributed by atoms with E-state index in [0.29, 0.717) is 19.1 Å². The molecule has 1 aromatic heterocycles. The van der Waals surface area contributed by atoms with Crippen LogP contribution in [0.2, 0.25) is 0 Å². The average molecular weight is 351 g/mol. The summed E-state index contributed by atoms with van der Waals surface area (Å²) in [5.74, 6) is 1.27. The molecule has 2 rings (SSSR count). The van der Waals surface area contributed by atoms with Gasteiger partial charge in [0.05, 0.1) is 25.0 Å². The fraction of sp³-hybridized carbons (Fsp3) is 0.778. The number of ether oxygens (including phenoxy) is 2. The Hall–Kier alpha value is -1.60. The zero-order valence-electron chi connectivity index (χ0n) is 16.3. The lowest BCUT2D eigenvalue weighted by atomic mass is 10.1. The fourth-order valence-electron chi connectivity index (χ4n) is 3.10. The molecular formula is C18H33N5O2. The van der Waals surface area contributed by atoms with Crippen LogP contribution >= 0.6 is 0 Å². The Bertz CT molecular complexity index is 550. The van der Waals surface area contributed by atoms with E-state index < -0.39 is 0 Å². The molecule has 0 aromatic carbocycles. The van der Waals surface area contributed by atoms with Crippen LogP contribution in [0.5, 0.6) is 0 Å². The van der Waals surface area contributed by atoms with E-state index in [1.54, 1.807) is 7.05 Å². The molecule has 0 spiro atoms. The van der Waals surface area contributed by atoms with E-state index in [2.05, 4.69) is 40.4 Å². The van der Waals surface area contributed by atoms with E-state index in [-0.39, 0.29) is 6.10 Å². The van der Waals surface area contributed by atoms with Crippen molar-refractivity contribution in [1.29, 1.82) is 0 Å². The topological polar surface area (TPSA) is 63.9 Å². The summed E-state index contributed by atoms with van der Waals surface area (Å²) < 4.78 is 13.1. The van der Waals surface area contributed by atoms with Crippen molar-refractivity contribution in [3.8, 4) is 0 Å². The van der Waals surface area contributed by atoms with Crippen molar-refractivity contribution >= 4 is 5.96 Å². The first kappa shape index (κ1) is 19.7. The monoisotopic (exact) mass is 351 g/mol. The Labute approximate surface area is 151 Å². The largest absolute Gasteiger partial charge is 0.377 e. The van der Waals surface area contributed by atoms with Crippen molar-refractivity contribution < 1.29 is 9.47 Å². The van der Waals surface area contributed by atoms with Crippen molar-refractivity contribution in [2.24, 2.45) is 12.0 Å².